The number of nitrogens with one attached hydrogen (secondary N) is 2. The van der Waals surface area contributed by atoms with Crippen LogP contribution in [0.4, 0.5) is 5.69 Å². The second kappa shape index (κ2) is 13.8. The van der Waals surface area contributed by atoms with Crippen LogP contribution in [-0.4, -0.2) is 45.9 Å². The number of aromatic nitrogens is 2. The third kappa shape index (κ3) is 6.91. The number of anilines is 1. The summed E-state index contributed by atoms with van der Waals surface area (Å²) in [5, 5.41) is 6.55. The first-order valence-electron chi connectivity index (χ1n) is 14.5. The van der Waals surface area contributed by atoms with Crippen molar-refractivity contribution in [1.29, 1.82) is 0 Å². The van der Waals surface area contributed by atoms with Crippen LogP contribution in [0.2, 0.25) is 0 Å². The summed E-state index contributed by atoms with van der Waals surface area (Å²) in [7, 11) is 0. The summed E-state index contributed by atoms with van der Waals surface area (Å²) in [6, 6.07) is 22.3. The molecule has 218 valence electrons. The molecule has 4 aromatic rings. The molecule has 2 heterocycles. The summed E-state index contributed by atoms with van der Waals surface area (Å²) in [5.74, 6) is -0.282. The number of fused-ring (bicyclic) bond motifs is 1. The van der Waals surface area contributed by atoms with Crippen molar-refractivity contribution in [2.24, 2.45) is 0 Å². The van der Waals surface area contributed by atoms with Crippen LogP contribution in [0.25, 0.3) is 10.9 Å². The van der Waals surface area contributed by atoms with Gasteiger partial charge in [0.2, 0.25) is 5.91 Å². The quantitative estimate of drug-likeness (QED) is 0.180. The molecule has 1 fully saturated rings. The Labute approximate surface area is 249 Å². The van der Waals surface area contributed by atoms with E-state index in [2.05, 4.69) is 17.6 Å². The van der Waals surface area contributed by atoms with Gasteiger partial charge in [-0.3, -0.25) is 19.0 Å². The number of para-hydroxylation sites is 2. The molecule has 1 aliphatic heterocycles. The second-order valence-corrected chi connectivity index (χ2v) is 11.5. The smallest absolute Gasteiger partial charge is 0.262 e. The van der Waals surface area contributed by atoms with E-state index in [0.29, 0.717) is 34.6 Å². The molecule has 42 heavy (non-hydrogen) atoms. The largest absolute Gasteiger partial charge is 0.376 e. The molecule has 3 aromatic carbocycles. The number of nitrogens with zero attached hydrogens (tertiary/aromatic N) is 2. The summed E-state index contributed by atoms with van der Waals surface area (Å²) in [6.45, 7) is 5.51. The molecule has 0 radical (unpaired) electrons. The molecule has 5 rings (SSSR count). The number of hydrogen-bond acceptors (Lipinski definition) is 6. The topological polar surface area (TPSA) is 102 Å². The van der Waals surface area contributed by atoms with Crippen LogP contribution in [0.1, 0.15) is 54.6 Å². The number of aryl methyl sites for hydroxylation is 1. The van der Waals surface area contributed by atoms with Crippen LogP contribution >= 0.6 is 11.8 Å². The number of carbonyl (C=O) groups is 2. The molecule has 0 unspecified atom stereocenters. The van der Waals surface area contributed by atoms with Crippen molar-refractivity contribution in [2.45, 2.75) is 62.6 Å². The van der Waals surface area contributed by atoms with Gasteiger partial charge in [-0.1, -0.05) is 68.1 Å². The number of carbonyl (C=O) groups excluding carboxylic acids is 2. The number of hydrogen-bond donors (Lipinski definition) is 2. The van der Waals surface area contributed by atoms with Crippen LogP contribution in [0.15, 0.2) is 82.7 Å². The molecule has 2 amide bonds. The minimum atomic E-state index is -0.454. The van der Waals surface area contributed by atoms with Crippen molar-refractivity contribution in [3.8, 4) is 0 Å². The predicted octanol–water partition coefficient (Wildman–Crippen LogP) is 5.43. The van der Waals surface area contributed by atoms with Gasteiger partial charge in [-0.25, -0.2) is 4.98 Å². The van der Waals surface area contributed by atoms with E-state index < -0.39 is 5.25 Å². The Kier molecular flexibility index (Phi) is 9.71. The van der Waals surface area contributed by atoms with Crippen molar-refractivity contribution < 1.29 is 14.3 Å². The SMILES string of the molecule is CCc1ccccc1NC(=O)[C@@H](CC)Sc1nc2ccccc2c(=O)n1Cc1ccc(C(=O)NC[C@@H]2CCCO2)cc1. The molecule has 2 atom stereocenters. The standard InChI is InChI=1S/C33H36N4O4S/c1-3-23-10-5-7-13-27(23)35-31(39)29(4-2)42-33-36-28-14-8-6-12-26(28)32(40)37(33)21-22-15-17-24(18-16-22)30(38)34-20-25-11-9-19-41-25/h5-8,10,12-18,25,29H,3-4,9,11,19-21H2,1-2H3,(H,34,38)(H,35,39)/t25-,29+/m0/s1. The lowest BCUT2D eigenvalue weighted by Crippen LogP contribution is -2.31. The Morgan fingerprint density at radius 1 is 1.05 bits per heavy atom. The molecule has 2 N–H and O–H groups in total. The summed E-state index contributed by atoms with van der Waals surface area (Å²) in [5.41, 5.74) is 3.67. The van der Waals surface area contributed by atoms with Crippen LogP contribution in [0.3, 0.4) is 0 Å². The zero-order valence-corrected chi connectivity index (χ0v) is 24.8. The van der Waals surface area contributed by atoms with E-state index in [1.165, 1.54) is 11.8 Å². The Bertz CT molecular complexity index is 1610. The first-order valence-corrected chi connectivity index (χ1v) is 15.4. The maximum absolute atomic E-state index is 13.7. The first kappa shape index (κ1) is 29.5. The minimum absolute atomic E-state index is 0.0758. The summed E-state index contributed by atoms with van der Waals surface area (Å²) < 4.78 is 7.21. The Balaban J connectivity index is 1.37. The minimum Gasteiger partial charge on any atom is -0.376 e. The van der Waals surface area contributed by atoms with Crippen molar-refractivity contribution >= 4 is 40.2 Å². The van der Waals surface area contributed by atoms with Crippen LogP contribution in [0.5, 0.6) is 0 Å². The monoisotopic (exact) mass is 584 g/mol. The van der Waals surface area contributed by atoms with Gasteiger partial charge < -0.3 is 15.4 Å². The Morgan fingerprint density at radius 3 is 2.55 bits per heavy atom. The average molecular weight is 585 g/mol. The van der Waals surface area contributed by atoms with Crippen molar-refractivity contribution in [3.63, 3.8) is 0 Å². The number of thioether (sulfide) groups is 1. The van der Waals surface area contributed by atoms with Crippen molar-refractivity contribution in [2.75, 3.05) is 18.5 Å². The predicted molar refractivity (Wildman–Crippen MR) is 167 cm³/mol. The third-order valence-corrected chi connectivity index (χ3v) is 8.82. The number of ether oxygens (including phenoxy) is 1. The van der Waals surface area contributed by atoms with Gasteiger partial charge in [0.25, 0.3) is 11.5 Å². The molecule has 0 saturated carbocycles. The normalized spacial score (nSPS) is 15.4. The van der Waals surface area contributed by atoms with Gasteiger partial charge in [-0.2, -0.15) is 0 Å². The van der Waals surface area contributed by atoms with E-state index in [4.69, 9.17) is 9.72 Å². The van der Waals surface area contributed by atoms with Crippen LogP contribution in [0, 0.1) is 0 Å². The average Bonchev–Trinajstić information content (AvgIpc) is 3.55. The van der Waals surface area contributed by atoms with Gasteiger partial charge >= 0.3 is 0 Å². The van der Waals surface area contributed by atoms with E-state index in [-0.39, 0.29) is 30.0 Å². The van der Waals surface area contributed by atoms with Gasteiger partial charge in [0.15, 0.2) is 5.16 Å². The zero-order valence-electron chi connectivity index (χ0n) is 24.0. The third-order valence-electron chi connectivity index (χ3n) is 7.46. The summed E-state index contributed by atoms with van der Waals surface area (Å²) >= 11 is 1.29. The van der Waals surface area contributed by atoms with Crippen LogP contribution < -0.4 is 16.2 Å². The molecule has 8 nitrogen and oxygen atoms in total. The number of rotatable bonds is 11. The van der Waals surface area contributed by atoms with Gasteiger partial charge in [0.05, 0.1) is 28.8 Å². The molecular weight excluding hydrogens is 548 g/mol. The lowest BCUT2D eigenvalue weighted by atomic mass is 10.1. The van der Waals surface area contributed by atoms with Crippen molar-refractivity contribution in [1.82, 2.24) is 14.9 Å². The summed E-state index contributed by atoms with van der Waals surface area (Å²) in [6.07, 6.45) is 3.42. The molecule has 1 saturated heterocycles. The summed E-state index contributed by atoms with van der Waals surface area (Å²) in [4.78, 5) is 44.5. The second-order valence-electron chi connectivity index (χ2n) is 10.4. The van der Waals surface area contributed by atoms with Gasteiger partial charge in [-0.15, -0.1) is 0 Å². The fourth-order valence-corrected chi connectivity index (χ4v) is 6.06. The van der Waals surface area contributed by atoms with Gasteiger partial charge in [0.1, 0.15) is 0 Å². The first-order chi connectivity index (χ1) is 20.5. The lowest BCUT2D eigenvalue weighted by molar-refractivity contribution is -0.115. The maximum atomic E-state index is 13.7. The highest BCUT2D eigenvalue weighted by atomic mass is 32.2. The molecule has 0 bridgehead atoms. The Morgan fingerprint density at radius 2 is 1.81 bits per heavy atom. The van der Waals surface area contributed by atoms with E-state index in [1.807, 2.05) is 61.5 Å². The molecule has 1 aliphatic rings. The molecule has 9 heteroatoms. The molecule has 0 spiro atoms. The highest BCUT2D eigenvalue weighted by Gasteiger charge is 2.23. The maximum Gasteiger partial charge on any atom is 0.262 e. The molecule has 0 aliphatic carbocycles. The van der Waals surface area contributed by atoms with E-state index in [1.54, 1.807) is 22.8 Å². The lowest BCUT2D eigenvalue weighted by Gasteiger charge is -2.19. The molecular formula is C33H36N4O4S. The zero-order chi connectivity index (χ0) is 29.5. The Hall–Kier alpha value is -3.95. The van der Waals surface area contributed by atoms with Crippen molar-refractivity contribution in [3.05, 3.63) is 99.8 Å². The number of amides is 2. The highest BCUT2D eigenvalue weighted by molar-refractivity contribution is 8.00. The fourth-order valence-electron chi connectivity index (χ4n) is 5.05. The number of benzene rings is 3. The van der Waals surface area contributed by atoms with E-state index in [0.717, 1.165) is 42.7 Å². The fraction of sp³-hybridized carbons (Fsp3) is 0.333. The van der Waals surface area contributed by atoms with E-state index in [9.17, 15) is 14.4 Å². The highest BCUT2D eigenvalue weighted by Crippen LogP contribution is 2.27. The van der Waals surface area contributed by atoms with Crippen LogP contribution in [-0.2, 0) is 22.5 Å². The molecule has 1 aromatic heterocycles. The van der Waals surface area contributed by atoms with Gasteiger partial charge in [-0.05, 0) is 67.1 Å². The van der Waals surface area contributed by atoms with E-state index >= 15 is 0 Å². The van der Waals surface area contributed by atoms with Gasteiger partial charge in [0, 0.05) is 24.4 Å².